The molecular weight excluding hydrogens is 556 g/mol. The Balaban J connectivity index is 1.29. The lowest BCUT2D eigenvalue weighted by atomic mass is 9.93. The smallest absolute Gasteiger partial charge is 0.338 e. The zero-order valence-corrected chi connectivity index (χ0v) is 23.4. The minimum Gasteiger partial charge on any atom is -0.487 e. The number of fused-ring (bicyclic) bond motifs is 2. The molecule has 0 bridgehead atoms. The van der Waals surface area contributed by atoms with Gasteiger partial charge >= 0.3 is 5.97 Å². The monoisotopic (exact) mass is 583 g/mol. The van der Waals surface area contributed by atoms with E-state index in [1.54, 1.807) is 10.6 Å². The maximum Gasteiger partial charge on any atom is 0.338 e. The van der Waals surface area contributed by atoms with Gasteiger partial charge in [0.15, 0.2) is 5.82 Å². The van der Waals surface area contributed by atoms with Gasteiger partial charge in [-0.3, -0.25) is 4.90 Å². The minimum atomic E-state index is -1.30. The zero-order chi connectivity index (χ0) is 28.0. The number of nitrogens with zero attached hydrogens (tertiary/aromatic N) is 3. The molecule has 0 aliphatic carbocycles. The molecule has 40 heavy (non-hydrogen) atoms. The van der Waals surface area contributed by atoms with Crippen LogP contribution in [0.1, 0.15) is 52.3 Å². The summed E-state index contributed by atoms with van der Waals surface area (Å²) >= 11 is 12.9. The summed E-state index contributed by atoms with van der Waals surface area (Å²) in [5.74, 6) is -0.811. The Bertz CT molecular complexity index is 1600. The van der Waals surface area contributed by atoms with E-state index in [2.05, 4.69) is 11.8 Å². The number of aromatic carboxylic acids is 1. The molecule has 7 nitrogen and oxygen atoms in total. The lowest BCUT2D eigenvalue weighted by Crippen LogP contribution is -2.36. The summed E-state index contributed by atoms with van der Waals surface area (Å²) in [6.07, 6.45) is 1.60. The lowest BCUT2D eigenvalue weighted by molar-refractivity contribution is -0.0593. The van der Waals surface area contributed by atoms with Crippen LogP contribution in [0, 0.1) is 5.82 Å². The van der Waals surface area contributed by atoms with Crippen LogP contribution in [0.5, 0.6) is 5.75 Å². The van der Waals surface area contributed by atoms with E-state index in [9.17, 15) is 9.90 Å². The maximum absolute atomic E-state index is 15.4. The molecule has 208 valence electrons. The van der Waals surface area contributed by atoms with E-state index in [4.69, 9.17) is 37.7 Å². The maximum atomic E-state index is 15.4. The third-order valence-electron chi connectivity index (χ3n) is 7.88. The second-order valence-electron chi connectivity index (χ2n) is 10.3. The van der Waals surface area contributed by atoms with E-state index in [-0.39, 0.29) is 23.2 Å². The molecule has 2 aliphatic heterocycles. The summed E-state index contributed by atoms with van der Waals surface area (Å²) < 4.78 is 28.9. The van der Waals surface area contributed by atoms with Gasteiger partial charge in [0.1, 0.15) is 23.7 Å². The van der Waals surface area contributed by atoms with E-state index in [1.807, 2.05) is 36.4 Å². The summed E-state index contributed by atoms with van der Waals surface area (Å²) in [6, 6.07) is 14.4. The first-order valence-electron chi connectivity index (χ1n) is 13.2. The summed E-state index contributed by atoms with van der Waals surface area (Å²) in [4.78, 5) is 18.6. The molecule has 6 rings (SSSR count). The molecule has 1 saturated heterocycles. The first kappa shape index (κ1) is 27.0. The van der Waals surface area contributed by atoms with Crippen molar-refractivity contribution >= 4 is 40.2 Å². The predicted molar refractivity (Wildman–Crippen MR) is 151 cm³/mol. The van der Waals surface area contributed by atoms with Gasteiger partial charge in [-0.1, -0.05) is 41.4 Å². The highest BCUT2D eigenvalue weighted by molar-refractivity contribution is 6.32. The third kappa shape index (κ3) is 5.05. The number of carbonyl (C=O) groups is 1. The quantitative estimate of drug-likeness (QED) is 0.250. The van der Waals surface area contributed by atoms with Gasteiger partial charge in [-0.2, -0.15) is 0 Å². The van der Waals surface area contributed by atoms with Gasteiger partial charge in [-0.25, -0.2) is 14.2 Å². The number of imidazole rings is 1. The molecule has 0 amide bonds. The van der Waals surface area contributed by atoms with Crippen molar-refractivity contribution in [2.75, 3.05) is 13.2 Å². The van der Waals surface area contributed by atoms with Crippen molar-refractivity contribution in [2.45, 2.75) is 51.6 Å². The number of hydrogen-bond donors (Lipinski definition) is 1. The molecular formula is C30H28Cl2FN3O4. The van der Waals surface area contributed by atoms with Crippen LogP contribution in [0.2, 0.25) is 10.0 Å². The van der Waals surface area contributed by atoms with Crippen LogP contribution < -0.4 is 4.74 Å². The number of carboxylic acid groups (broad SMARTS) is 1. The second kappa shape index (κ2) is 11.0. The molecule has 0 saturated carbocycles. The number of halogens is 3. The van der Waals surface area contributed by atoms with Crippen molar-refractivity contribution in [3.05, 3.63) is 92.5 Å². The molecule has 0 spiro atoms. The van der Waals surface area contributed by atoms with E-state index >= 15 is 4.39 Å². The Kier molecular flexibility index (Phi) is 7.44. The van der Waals surface area contributed by atoms with Crippen molar-refractivity contribution < 1.29 is 23.8 Å². The van der Waals surface area contributed by atoms with Gasteiger partial charge in [0.05, 0.1) is 35.3 Å². The van der Waals surface area contributed by atoms with Gasteiger partial charge in [0.25, 0.3) is 0 Å². The Hall–Kier alpha value is -3.17. The molecule has 3 aromatic carbocycles. The Morgan fingerprint density at radius 2 is 2.00 bits per heavy atom. The number of carboxylic acids is 1. The molecule has 10 heteroatoms. The van der Waals surface area contributed by atoms with Gasteiger partial charge in [0, 0.05) is 29.8 Å². The highest BCUT2D eigenvalue weighted by Gasteiger charge is 2.30. The third-order valence-corrected chi connectivity index (χ3v) is 8.55. The van der Waals surface area contributed by atoms with Crippen molar-refractivity contribution in [1.29, 1.82) is 0 Å². The first-order chi connectivity index (χ1) is 19.3. The number of aromatic nitrogens is 2. The van der Waals surface area contributed by atoms with Gasteiger partial charge in [-0.15, -0.1) is 0 Å². The number of ether oxygens (including phenoxy) is 2. The van der Waals surface area contributed by atoms with E-state index in [0.717, 1.165) is 36.1 Å². The highest BCUT2D eigenvalue weighted by Crippen LogP contribution is 2.38. The minimum absolute atomic E-state index is 0.0105. The van der Waals surface area contributed by atoms with Crippen molar-refractivity contribution in [3.63, 3.8) is 0 Å². The standard InChI is InChI=1S/C30H28Cl2FN3O4/c1-17-22-13-26(40-16-19-4-2-3-5-23(19)31)24(32)12-18(22)8-10-35(17)15-27-34-25-7-6-21(30(37)38)28(33)29(25)36(27)14-20-9-11-39-20/h2-7,12-13,17,20H,8-11,14-16H2,1H3,(H,37,38)/t17-,20-/m0/s1. The van der Waals surface area contributed by atoms with Gasteiger partial charge in [-0.05, 0) is 61.2 Å². The van der Waals surface area contributed by atoms with Crippen LogP contribution in [0.3, 0.4) is 0 Å². The first-order valence-corrected chi connectivity index (χ1v) is 14.0. The zero-order valence-electron chi connectivity index (χ0n) is 21.9. The Morgan fingerprint density at radius 3 is 2.73 bits per heavy atom. The van der Waals surface area contributed by atoms with Crippen LogP contribution in [-0.2, 0) is 30.9 Å². The SMILES string of the molecule is C[C@H]1c2cc(OCc3ccccc3Cl)c(Cl)cc2CCN1Cc1nc2ccc(C(=O)O)c(F)c2n1C[C@@H]1CCO1. The average molecular weight is 584 g/mol. The molecule has 2 atom stereocenters. The molecule has 4 aromatic rings. The Morgan fingerprint density at radius 1 is 1.20 bits per heavy atom. The molecule has 2 aliphatic rings. The lowest BCUT2D eigenvalue weighted by Gasteiger charge is -2.36. The van der Waals surface area contributed by atoms with Crippen LogP contribution >= 0.6 is 23.2 Å². The van der Waals surface area contributed by atoms with E-state index < -0.39 is 11.8 Å². The van der Waals surface area contributed by atoms with E-state index in [1.165, 1.54) is 6.07 Å². The molecule has 1 N–H and O–H groups in total. The largest absolute Gasteiger partial charge is 0.487 e. The van der Waals surface area contributed by atoms with Crippen molar-refractivity contribution in [3.8, 4) is 5.75 Å². The van der Waals surface area contributed by atoms with Crippen LogP contribution in [0.25, 0.3) is 11.0 Å². The number of hydrogen-bond acceptors (Lipinski definition) is 5. The fourth-order valence-electron chi connectivity index (χ4n) is 5.49. The van der Waals surface area contributed by atoms with Crippen molar-refractivity contribution in [1.82, 2.24) is 14.5 Å². The highest BCUT2D eigenvalue weighted by atomic mass is 35.5. The van der Waals surface area contributed by atoms with Gasteiger partial charge < -0.3 is 19.1 Å². The topological polar surface area (TPSA) is 76.8 Å². The number of rotatable bonds is 8. The molecule has 0 radical (unpaired) electrons. The fourth-order valence-corrected chi connectivity index (χ4v) is 5.92. The fraction of sp³-hybridized carbons (Fsp3) is 0.333. The average Bonchev–Trinajstić information content (AvgIpc) is 3.25. The van der Waals surface area contributed by atoms with Crippen molar-refractivity contribution in [2.24, 2.45) is 0 Å². The van der Waals surface area contributed by atoms with Crippen LogP contribution in [0.15, 0.2) is 48.5 Å². The van der Waals surface area contributed by atoms with Crippen LogP contribution in [0.4, 0.5) is 4.39 Å². The summed E-state index contributed by atoms with van der Waals surface area (Å²) in [7, 11) is 0. The molecule has 0 unspecified atom stereocenters. The molecule has 1 fully saturated rings. The number of benzene rings is 3. The molecule has 3 heterocycles. The summed E-state index contributed by atoms with van der Waals surface area (Å²) in [5, 5.41) is 10.7. The summed E-state index contributed by atoms with van der Waals surface area (Å²) in [6.45, 7) is 4.72. The summed E-state index contributed by atoms with van der Waals surface area (Å²) in [5.41, 5.74) is 3.42. The van der Waals surface area contributed by atoms with Gasteiger partial charge in [0.2, 0.25) is 0 Å². The van der Waals surface area contributed by atoms with Crippen LogP contribution in [-0.4, -0.2) is 44.8 Å². The normalized spacial score (nSPS) is 18.9. The second-order valence-corrected chi connectivity index (χ2v) is 11.1. The Labute approximate surface area is 241 Å². The molecule has 1 aromatic heterocycles. The van der Waals surface area contributed by atoms with E-state index in [0.29, 0.717) is 53.4 Å². The predicted octanol–water partition coefficient (Wildman–Crippen LogP) is 6.67.